The molecule has 7 heteroatoms. The van der Waals surface area contributed by atoms with Crippen LogP contribution in [0.1, 0.15) is 52.4 Å². The fourth-order valence-corrected chi connectivity index (χ4v) is 8.07. The van der Waals surface area contributed by atoms with Crippen LogP contribution in [0.5, 0.6) is 0 Å². The summed E-state index contributed by atoms with van der Waals surface area (Å²) >= 11 is 0. The number of carbonyl (C=O) groups excluding carboxylic acids is 2. The van der Waals surface area contributed by atoms with E-state index >= 15 is 0 Å². The Balaban J connectivity index is 1.04. The van der Waals surface area contributed by atoms with Gasteiger partial charge in [-0.15, -0.1) is 0 Å². The van der Waals surface area contributed by atoms with Crippen molar-refractivity contribution < 1.29 is 9.59 Å². The Labute approximate surface area is 163 Å². The summed E-state index contributed by atoms with van der Waals surface area (Å²) in [6.07, 6.45) is 8.31. The molecule has 6 saturated carbocycles. The molecule has 6 aliphatic carbocycles. The van der Waals surface area contributed by atoms with E-state index in [0.29, 0.717) is 10.8 Å². The Morgan fingerprint density at radius 3 is 1.71 bits per heavy atom. The third-order valence-electron chi connectivity index (χ3n) is 10.1. The number of amides is 2. The summed E-state index contributed by atoms with van der Waals surface area (Å²) in [5, 5.41) is 5.74. The molecule has 0 radical (unpaired) electrons. The van der Waals surface area contributed by atoms with Crippen LogP contribution in [0, 0.1) is 45.3 Å². The van der Waals surface area contributed by atoms with Gasteiger partial charge in [-0.1, -0.05) is 13.8 Å². The zero-order valence-electron chi connectivity index (χ0n) is 16.3. The van der Waals surface area contributed by atoms with Gasteiger partial charge in [-0.25, -0.2) is 9.97 Å². The van der Waals surface area contributed by atoms with E-state index in [1.165, 1.54) is 32.0 Å². The molecular weight excluding hydrogens is 354 g/mol. The van der Waals surface area contributed by atoms with Crippen LogP contribution in [0.25, 0.3) is 0 Å². The number of rotatable bonds is 4. The molecule has 7 rings (SSSR count). The van der Waals surface area contributed by atoms with Gasteiger partial charge < -0.3 is 0 Å². The molecule has 28 heavy (non-hydrogen) atoms. The van der Waals surface area contributed by atoms with Gasteiger partial charge in [-0.2, -0.15) is 4.98 Å². The maximum absolute atomic E-state index is 12.8. The summed E-state index contributed by atoms with van der Waals surface area (Å²) < 4.78 is 0. The van der Waals surface area contributed by atoms with Crippen LogP contribution in [0.15, 0.2) is 6.33 Å². The average molecular weight is 379 g/mol. The number of carbonyl (C=O) groups is 2. The van der Waals surface area contributed by atoms with Gasteiger partial charge in [0.15, 0.2) is 0 Å². The Morgan fingerprint density at radius 1 is 0.893 bits per heavy atom. The highest BCUT2D eigenvalue weighted by Gasteiger charge is 2.85. The number of hydrogen-bond acceptors (Lipinski definition) is 5. The zero-order valence-corrected chi connectivity index (χ0v) is 16.3. The SMILES string of the molecule is CC12CC13CC3CC2C(=O)Nc1ncnc(NC(=O)C2CC3CC34CC24C)n1. The van der Waals surface area contributed by atoms with Crippen molar-refractivity contribution in [1.29, 1.82) is 0 Å². The predicted octanol–water partition coefficient (Wildman–Crippen LogP) is 2.62. The van der Waals surface area contributed by atoms with Crippen LogP contribution >= 0.6 is 0 Å². The maximum atomic E-state index is 12.8. The molecule has 6 aliphatic rings. The fraction of sp³-hybridized carbons (Fsp3) is 0.762. The van der Waals surface area contributed by atoms with Crippen molar-refractivity contribution in [2.24, 2.45) is 45.3 Å². The van der Waals surface area contributed by atoms with Crippen molar-refractivity contribution in [3.05, 3.63) is 6.33 Å². The third kappa shape index (κ3) is 1.63. The molecule has 0 bridgehead atoms. The smallest absolute Gasteiger partial charge is 0.234 e. The van der Waals surface area contributed by atoms with Crippen LogP contribution in [0.4, 0.5) is 11.9 Å². The van der Waals surface area contributed by atoms with E-state index < -0.39 is 0 Å². The minimum atomic E-state index is 0.0124. The predicted molar refractivity (Wildman–Crippen MR) is 99.8 cm³/mol. The lowest BCUT2D eigenvalue weighted by Gasteiger charge is -2.20. The van der Waals surface area contributed by atoms with Crippen molar-refractivity contribution in [1.82, 2.24) is 15.0 Å². The first kappa shape index (κ1) is 15.8. The molecule has 1 aromatic rings. The molecule has 8 atom stereocenters. The normalized spacial score (nSPS) is 52.6. The molecule has 0 aliphatic heterocycles. The molecular formula is C21H25N5O2. The Bertz CT molecular complexity index is 908. The van der Waals surface area contributed by atoms with Crippen molar-refractivity contribution >= 4 is 23.7 Å². The number of hydrogen-bond donors (Lipinski definition) is 2. The summed E-state index contributed by atoms with van der Waals surface area (Å²) in [6.45, 7) is 4.50. The second-order valence-corrected chi connectivity index (χ2v) is 11.0. The molecule has 2 N–H and O–H groups in total. The molecule has 2 amide bonds. The molecule has 6 fully saturated rings. The van der Waals surface area contributed by atoms with Crippen LogP contribution in [0.3, 0.4) is 0 Å². The van der Waals surface area contributed by atoms with Crippen LogP contribution in [0.2, 0.25) is 0 Å². The molecule has 0 saturated heterocycles. The van der Waals surface area contributed by atoms with E-state index in [4.69, 9.17) is 0 Å². The first-order chi connectivity index (χ1) is 13.3. The minimum Gasteiger partial charge on any atom is -0.294 e. The average Bonchev–Trinajstić information content (AvgIpc) is 3.56. The van der Waals surface area contributed by atoms with Crippen LogP contribution < -0.4 is 10.6 Å². The highest BCUT2D eigenvalue weighted by molar-refractivity contribution is 5.94. The van der Waals surface area contributed by atoms with E-state index in [1.807, 2.05) is 0 Å². The Hall–Kier alpha value is -2.05. The molecule has 2 spiro atoms. The van der Waals surface area contributed by atoms with Gasteiger partial charge in [0.25, 0.3) is 0 Å². The van der Waals surface area contributed by atoms with E-state index in [9.17, 15) is 9.59 Å². The van der Waals surface area contributed by atoms with Crippen molar-refractivity contribution in [2.45, 2.75) is 52.4 Å². The highest BCUT2D eigenvalue weighted by Crippen LogP contribution is 2.91. The standard InChI is InChI=1S/C21H25N5O2/c1-18-7-20(18)5-10(20)3-12(18)14(27)24-16-22-9-23-17(26-16)25-15(28)13-4-11-6-21(11)8-19(13,21)2/h9-13H,3-8H2,1-2H3,(H2,22,23,24,25,26,27,28). The van der Waals surface area contributed by atoms with Gasteiger partial charge in [0.2, 0.25) is 23.7 Å². The lowest BCUT2D eigenvalue weighted by molar-refractivity contribution is -0.122. The van der Waals surface area contributed by atoms with Gasteiger partial charge in [0.05, 0.1) is 0 Å². The summed E-state index contributed by atoms with van der Waals surface area (Å²) in [6, 6.07) is 0. The topological polar surface area (TPSA) is 96.9 Å². The lowest BCUT2D eigenvalue weighted by atomic mass is 9.88. The molecule has 146 valence electrons. The number of anilines is 2. The maximum Gasteiger partial charge on any atom is 0.234 e. The molecule has 8 unspecified atom stereocenters. The molecule has 0 aromatic carbocycles. The van der Waals surface area contributed by atoms with E-state index in [2.05, 4.69) is 39.4 Å². The first-order valence-corrected chi connectivity index (χ1v) is 10.6. The van der Waals surface area contributed by atoms with Crippen molar-refractivity contribution in [3.63, 3.8) is 0 Å². The van der Waals surface area contributed by atoms with Gasteiger partial charge >= 0.3 is 0 Å². The number of nitrogens with zero attached hydrogens (tertiary/aromatic N) is 3. The fourth-order valence-electron chi connectivity index (χ4n) is 8.07. The third-order valence-corrected chi connectivity index (χ3v) is 10.1. The van der Waals surface area contributed by atoms with E-state index in [-0.39, 0.29) is 46.4 Å². The second kappa shape index (κ2) is 4.26. The summed E-state index contributed by atoms with van der Waals surface area (Å²) in [7, 11) is 0. The molecule has 1 heterocycles. The van der Waals surface area contributed by atoms with Crippen molar-refractivity contribution in [3.8, 4) is 0 Å². The quantitative estimate of drug-likeness (QED) is 0.838. The van der Waals surface area contributed by atoms with Gasteiger partial charge in [0.1, 0.15) is 6.33 Å². The second-order valence-electron chi connectivity index (χ2n) is 11.0. The first-order valence-electron chi connectivity index (χ1n) is 10.6. The van der Waals surface area contributed by atoms with Crippen LogP contribution in [-0.4, -0.2) is 26.8 Å². The van der Waals surface area contributed by atoms with Gasteiger partial charge in [-0.3, -0.25) is 20.2 Å². The monoisotopic (exact) mass is 379 g/mol. The van der Waals surface area contributed by atoms with E-state index in [1.54, 1.807) is 0 Å². The largest absolute Gasteiger partial charge is 0.294 e. The molecule has 1 aromatic heterocycles. The summed E-state index contributed by atoms with van der Waals surface area (Å²) in [5.74, 6) is 2.08. The Morgan fingerprint density at radius 2 is 1.36 bits per heavy atom. The summed E-state index contributed by atoms with van der Waals surface area (Å²) in [4.78, 5) is 38.1. The van der Waals surface area contributed by atoms with E-state index in [0.717, 1.165) is 24.7 Å². The number of nitrogens with one attached hydrogen (secondary N) is 2. The minimum absolute atomic E-state index is 0.0124. The zero-order chi connectivity index (χ0) is 19.1. The van der Waals surface area contributed by atoms with Crippen LogP contribution in [-0.2, 0) is 9.59 Å². The van der Waals surface area contributed by atoms with Crippen molar-refractivity contribution in [2.75, 3.05) is 10.6 Å². The Kier molecular flexibility index (Phi) is 2.41. The lowest BCUT2D eigenvalue weighted by Crippen LogP contribution is -2.30. The molecule has 7 nitrogen and oxygen atoms in total. The van der Waals surface area contributed by atoms with Gasteiger partial charge in [0, 0.05) is 11.8 Å². The summed E-state index contributed by atoms with van der Waals surface area (Å²) in [5.41, 5.74) is 1.30. The highest BCUT2D eigenvalue weighted by atomic mass is 16.2. The number of aromatic nitrogens is 3. The van der Waals surface area contributed by atoms with Gasteiger partial charge in [-0.05, 0) is 72.0 Å².